The second-order valence-corrected chi connectivity index (χ2v) is 9.34. The topological polar surface area (TPSA) is 101 Å². The number of carbonyl (C=O) groups excluding carboxylic acids is 2. The molecule has 2 aliphatic rings. The van der Waals surface area contributed by atoms with E-state index in [9.17, 15) is 9.59 Å². The maximum atomic E-state index is 12.0. The minimum Gasteiger partial charge on any atom is -0.298 e. The zero-order chi connectivity index (χ0) is 25.0. The van der Waals surface area contributed by atoms with E-state index in [-0.39, 0.29) is 0 Å². The largest absolute Gasteiger partial charge is 0.437 e. The van der Waals surface area contributed by atoms with Crippen LogP contribution in [0.4, 0.5) is 21.0 Å². The highest BCUT2D eigenvalue weighted by Crippen LogP contribution is 2.18. The fourth-order valence-electron chi connectivity index (χ4n) is 4.39. The molecule has 0 aromatic heterocycles. The molecule has 8 heteroatoms. The molecule has 2 fully saturated rings. The van der Waals surface area contributed by atoms with Gasteiger partial charge in [-0.25, -0.2) is 9.59 Å². The van der Waals surface area contributed by atoms with Crippen molar-refractivity contribution in [3.8, 4) is 0 Å². The number of nitrogens with one attached hydrogen (secondary N) is 2. The van der Waals surface area contributed by atoms with Crippen molar-refractivity contribution in [1.82, 2.24) is 0 Å². The first-order valence-electron chi connectivity index (χ1n) is 12.9. The van der Waals surface area contributed by atoms with Gasteiger partial charge in [0.05, 0.1) is 11.4 Å². The van der Waals surface area contributed by atoms with Gasteiger partial charge in [0.15, 0.2) is 0 Å². The molecule has 0 spiro atoms. The van der Waals surface area contributed by atoms with Crippen LogP contribution in [-0.2, 0) is 22.5 Å². The van der Waals surface area contributed by atoms with Gasteiger partial charge in [0.2, 0.25) is 0 Å². The Hall–Kier alpha value is -3.68. The van der Waals surface area contributed by atoms with E-state index in [1.165, 1.54) is 12.8 Å². The molecule has 2 aromatic carbocycles. The van der Waals surface area contributed by atoms with Gasteiger partial charge in [-0.1, -0.05) is 47.4 Å². The van der Waals surface area contributed by atoms with Crippen LogP contribution in [0.1, 0.15) is 75.3 Å². The van der Waals surface area contributed by atoms with Crippen LogP contribution in [0.25, 0.3) is 0 Å². The van der Waals surface area contributed by atoms with Crippen molar-refractivity contribution in [2.45, 2.75) is 77.0 Å². The second kappa shape index (κ2) is 13.4. The molecule has 0 aliphatic heterocycles. The Morgan fingerprint density at radius 1 is 0.583 bits per heavy atom. The normalized spacial score (nSPS) is 15.6. The quantitative estimate of drug-likeness (QED) is 0.316. The first-order valence-corrected chi connectivity index (χ1v) is 12.9. The van der Waals surface area contributed by atoms with Crippen LogP contribution in [0.5, 0.6) is 0 Å². The summed E-state index contributed by atoms with van der Waals surface area (Å²) in [5.41, 5.74) is 5.57. The average molecular weight is 491 g/mol. The van der Waals surface area contributed by atoms with E-state index in [0.717, 1.165) is 86.8 Å². The molecule has 36 heavy (non-hydrogen) atoms. The van der Waals surface area contributed by atoms with Crippen LogP contribution < -0.4 is 10.6 Å². The van der Waals surface area contributed by atoms with Crippen molar-refractivity contribution >= 4 is 35.0 Å². The number of benzene rings is 2. The second-order valence-electron chi connectivity index (χ2n) is 9.34. The third-order valence-corrected chi connectivity index (χ3v) is 6.48. The van der Waals surface area contributed by atoms with Gasteiger partial charge in [-0.15, -0.1) is 0 Å². The Bertz CT molecular complexity index is 974. The summed E-state index contributed by atoms with van der Waals surface area (Å²) >= 11 is 0. The third kappa shape index (κ3) is 8.52. The van der Waals surface area contributed by atoms with Gasteiger partial charge < -0.3 is 0 Å². The molecule has 0 bridgehead atoms. The van der Waals surface area contributed by atoms with Crippen LogP contribution in [0.2, 0.25) is 0 Å². The van der Waals surface area contributed by atoms with Crippen LogP contribution in [0.15, 0.2) is 58.8 Å². The van der Waals surface area contributed by atoms with Crippen molar-refractivity contribution in [1.29, 1.82) is 0 Å². The maximum Gasteiger partial charge on any atom is 0.437 e. The van der Waals surface area contributed by atoms with E-state index in [1.54, 1.807) is 0 Å². The molecule has 8 nitrogen and oxygen atoms in total. The van der Waals surface area contributed by atoms with Crippen molar-refractivity contribution in [2.24, 2.45) is 10.3 Å². The number of aryl methyl sites for hydroxylation is 2. The molecule has 0 radical (unpaired) electrons. The van der Waals surface area contributed by atoms with Crippen molar-refractivity contribution in [3.05, 3.63) is 59.7 Å². The Morgan fingerprint density at radius 3 is 1.31 bits per heavy atom. The molecule has 4 rings (SSSR count). The molecule has 190 valence electrons. The van der Waals surface area contributed by atoms with E-state index in [2.05, 4.69) is 20.9 Å². The Kier molecular flexibility index (Phi) is 9.47. The van der Waals surface area contributed by atoms with Crippen molar-refractivity contribution in [2.75, 3.05) is 10.6 Å². The minimum atomic E-state index is -0.570. The summed E-state index contributed by atoms with van der Waals surface area (Å²) in [7, 11) is 0. The summed E-state index contributed by atoms with van der Waals surface area (Å²) in [6.07, 6.45) is 11.1. The number of amides is 2. The van der Waals surface area contributed by atoms with E-state index >= 15 is 0 Å². The molecule has 2 aliphatic carbocycles. The summed E-state index contributed by atoms with van der Waals surface area (Å²) < 4.78 is 0. The molecule has 2 amide bonds. The number of hydrogen-bond donors (Lipinski definition) is 2. The molecule has 2 aromatic rings. The first kappa shape index (κ1) is 25.4. The summed E-state index contributed by atoms with van der Waals surface area (Å²) in [6, 6.07) is 15.4. The molecule has 0 saturated heterocycles. The molecule has 2 N–H and O–H groups in total. The van der Waals surface area contributed by atoms with Gasteiger partial charge in [-0.05, 0) is 99.6 Å². The van der Waals surface area contributed by atoms with Crippen LogP contribution in [0.3, 0.4) is 0 Å². The smallest absolute Gasteiger partial charge is 0.298 e. The van der Waals surface area contributed by atoms with Gasteiger partial charge in [-0.2, -0.15) is 0 Å². The SMILES string of the molecule is O=C(Nc1ccc(CCc2ccc(NC(=O)ON=C3CCCCC3)cc2)cc1)ON=C1CCCCC1. The first-order chi connectivity index (χ1) is 17.6. The minimum absolute atomic E-state index is 0.570. The van der Waals surface area contributed by atoms with Crippen LogP contribution in [-0.4, -0.2) is 23.6 Å². The van der Waals surface area contributed by atoms with Gasteiger partial charge in [-0.3, -0.25) is 20.3 Å². The highest BCUT2D eigenvalue weighted by atomic mass is 16.7. The molecule has 0 atom stereocenters. The van der Waals surface area contributed by atoms with E-state index in [4.69, 9.17) is 9.68 Å². The Labute approximate surface area is 212 Å². The monoisotopic (exact) mass is 490 g/mol. The third-order valence-electron chi connectivity index (χ3n) is 6.48. The lowest BCUT2D eigenvalue weighted by atomic mass is 9.99. The lowest BCUT2D eigenvalue weighted by Crippen LogP contribution is -2.13. The lowest BCUT2D eigenvalue weighted by Gasteiger charge is -2.11. The van der Waals surface area contributed by atoms with Crippen LogP contribution >= 0.6 is 0 Å². The number of hydrogen-bond acceptors (Lipinski definition) is 6. The molecule has 0 heterocycles. The fourth-order valence-corrected chi connectivity index (χ4v) is 4.39. The van der Waals surface area contributed by atoms with Crippen molar-refractivity contribution in [3.63, 3.8) is 0 Å². The Morgan fingerprint density at radius 2 is 0.944 bits per heavy atom. The van der Waals surface area contributed by atoms with E-state index < -0.39 is 12.2 Å². The highest BCUT2D eigenvalue weighted by molar-refractivity contribution is 5.88. The number of anilines is 2. The standard InChI is InChI=1S/C28H34N4O4/c33-27(35-31-25-7-3-1-4-8-25)29-23-17-13-21(14-18-23)11-12-22-15-19-24(20-16-22)30-28(34)36-32-26-9-5-2-6-10-26/h13-20H,1-12H2,(H,29,33)(H,30,34). The summed E-state index contributed by atoms with van der Waals surface area (Å²) in [5.74, 6) is 0. The summed E-state index contributed by atoms with van der Waals surface area (Å²) in [6.45, 7) is 0. The van der Waals surface area contributed by atoms with Crippen LogP contribution in [0, 0.1) is 0 Å². The predicted octanol–water partition coefficient (Wildman–Crippen LogP) is 7.21. The average Bonchev–Trinajstić information content (AvgIpc) is 2.92. The molecular formula is C28H34N4O4. The molecular weight excluding hydrogens is 456 g/mol. The summed E-state index contributed by atoms with van der Waals surface area (Å²) in [4.78, 5) is 33.9. The lowest BCUT2D eigenvalue weighted by molar-refractivity contribution is 0.165. The maximum absolute atomic E-state index is 12.0. The van der Waals surface area contributed by atoms with E-state index in [0.29, 0.717) is 11.4 Å². The molecule has 2 saturated carbocycles. The van der Waals surface area contributed by atoms with Gasteiger partial charge in [0.25, 0.3) is 0 Å². The fraction of sp³-hybridized carbons (Fsp3) is 0.429. The zero-order valence-electron chi connectivity index (χ0n) is 20.6. The number of rotatable bonds is 7. The highest BCUT2D eigenvalue weighted by Gasteiger charge is 2.11. The number of carbonyl (C=O) groups is 2. The summed E-state index contributed by atoms with van der Waals surface area (Å²) in [5, 5.41) is 13.4. The van der Waals surface area contributed by atoms with E-state index in [1.807, 2.05) is 48.5 Å². The zero-order valence-corrected chi connectivity index (χ0v) is 20.6. The predicted molar refractivity (Wildman–Crippen MR) is 142 cm³/mol. The number of oxime groups is 2. The van der Waals surface area contributed by atoms with Gasteiger partial charge >= 0.3 is 12.2 Å². The van der Waals surface area contributed by atoms with Crippen molar-refractivity contribution < 1.29 is 19.3 Å². The van der Waals surface area contributed by atoms with Gasteiger partial charge in [0.1, 0.15) is 0 Å². The molecule has 0 unspecified atom stereocenters. The Balaban J connectivity index is 1.17. The van der Waals surface area contributed by atoms with Gasteiger partial charge in [0, 0.05) is 11.4 Å². The number of nitrogens with zero attached hydrogens (tertiary/aromatic N) is 2.